The lowest BCUT2D eigenvalue weighted by Crippen LogP contribution is -2.38. The Morgan fingerprint density at radius 1 is 1.21 bits per heavy atom. The Balaban J connectivity index is 2.56. The fraction of sp³-hybridized carbons (Fsp3) is 0.625. The van der Waals surface area contributed by atoms with Gasteiger partial charge in [0.25, 0.3) is 0 Å². The highest BCUT2D eigenvalue weighted by molar-refractivity contribution is 5.18. The number of hydrogen-bond acceptors (Lipinski definition) is 3. The normalized spacial score (nSPS) is 14.9. The first kappa shape index (κ1) is 16.2. The minimum absolute atomic E-state index is 0.123. The van der Waals surface area contributed by atoms with Gasteiger partial charge in [-0.15, -0.1) is 0 Å². The Labute approximate surface area is 117 Å². The van der Waals surface area contributed by atoms with Crippen molar-refractivity contribution < 1.29 is 9.84 Å². The van der Waals surface area contributed by atoms with Crippen molar-refractivity contribution in [3.05, 3.63) is 35.9 Å². The molecule has 3 nitrogen and oxygen atoms in total. The molecular formula is C16H27NO2. The number of aliphatic hydroxyl groups excluding tert-OH is 1. The van der Waals surface area contributed by atoms with E-state index in [-0.39, 0.29) is 12.1 Å². The predicted octanol–water partition coefficient (Wildman–Crippen LogP) is 2.86. The molecule has 0 aliphatic rings. The minimum atomic E-state index is -0.449. The third kappa shape index (κ3) is 5.31. The van der Waals surface area contributed by atoms with Crippen LogP contribution in [0.1, 0.15) is 38.9 Å². The second-order valence-corrected chi connectivity index (χ2v) is 5.23. The van der Waals surface area contributed by atoms with E-state index in [1.165, 1.54) is 0 Å². The molecule has 1 aromatic rings. The highest BCUT2D eigenvalue weighted by Crippen LogP contribution is 2.22. The third-order valence-corrected chi connectivity index (χ3v) is 3.39. The average molecular weight is 265 g/mol. The first-order chi connectivity index (χ1) is 9.06. The molecule has 2 atom stereocenters. The molecule has 0 spiro atoms. The van der Waals surface area contributed by atoms with E-state index in [9.17, 15) is 5.11 Å². The van der Waals surface area contributed by atoms with Crippen molar-refractivity contribution >= 4 is 0 Å². The first-order valence-electron chi connectivity index (χ1n) is 7.11. The second kappa shape index (κ2) is 8.31. The third-order valence-electron chi connectivity index (χ3n) is 3.39. The fourth-order valence-electron chi connectivity index (χ4n) is 2.25. The van der Waals surface area contributed by atoms with Gasteiger partial charge in [0.2, 0.25) is 0 Å². The van der Waals surface area contributed by atoms with Crippen LogP contribution in [0.25, 0.3) is 0 Å². The molecule has 0 radical (unpaired) electrons. The Morgan fingerprint density at radius 2 is 1.84 bits per heavy atom. The number of likely N-dealkylation sites (N-methyl/N-ethyl adjacent to an activating group) is 1. The van der Waals surface area contributed by atoms with Gasteiger partial charge in [-0.1, -0.05) is 37.3 Å². The minimum Gasteiger partial charge on any atom is -0.387 e. The van der Waals surface area contributed by atoms with E-state index >= 15 is 0 Å². The maximum absolute atomic E-state index is 10.5. The maximum Gasteiger partial charge on any atom is 0.0944 e. The van der Waals surface area contributed by atoms with Crippen molar-refractivity contribution in [2.24, 2.45) is 0 Å². The summed E-state index contributed by atoms with van der Waals surface area (Å²) < 4.78 is 5.57. The molecule has 0 saturated carbocycles. The summed E-state index contributed by atoms with van der Waals surface area (Å²) in [7, 11) is 2.05. The SMILES string of the molecule is CCC(C(O)c1ccccc1)N(C)CCOC(C)C. The van der Waals surface area contributed by atoms with E-state index in [1.54, 1.807) is 0 Å². The Bertz CT molecular complexity index is 340. The van der Waals surface area contributed by atoms with E-state index in [4.69, 9.17) is 4.74 Å². The number of aliphatic hydroxyl groups is 1. The highest BCUT2D eigenvalue weighted by Gasteiger charge is 2.22. The van der Waals surface area contributed by atoms with Crippen LogP contribution in [0.15, 0.2) is 30.3 Å². The van der Waals surface area contributed by atoms with Gasteiger partial charge in [0, 0.05) is 12.6 Å². The molecule has 1 rings (SSSR count). The van der Waals surface area contributed by atoms with E-state index in [0.29, 0.717) is 6.61 Å². The molecule has 3 heteroatoms. The van der Waals surface area contributed by atoms with Crippen molar-refractivity contribution in [1.29, 1.82) is 0 Å². The summed E-state index contributed by atoms with van der Waals surface area (Å²) in [5, 5.41) is 10.5. The predicted molar refractivity (Wildman–Crippen MR) is 79.2 cm³/mol. The van der Waals surface area contributed by atoms with Gasteiger partial charge in [-0.2, -0.15) is 0 Å². The molecule has 0 aliphatic heterocycles. The molecule has 0 aromatic heterocycles. The van der Waals surface area contributed by atoms with Gasteiger partial charge in [0.1, 0.15) is 0 Å². The molecule has 0 saturated heterocycles. The lowest BCUT2D eigenvalue weighted by Gasteiger charge is -2.31. The summed E-state index contributed by atoms with van der Waals surface area (Å²) in [6.07, 6.45) is 0.719. The number of benzene rings is 1. The van der Waals surface area contributed by atoms with E-state index < -0.39 is 6.10 Å². The molecule has 108 valence electrons. The lowest BCUT2D eigenvalue weighted by atomic mass is 9.99. The molecule has 0 aliphatic carbocycles. The smallest absolute Gasteiger partial charge is 0.0944 e. The zero-order valence-corrected chi connectivity index (χ0v) is 12.5. The van der Waals surface area contributed by atoms with Crippen molar-refractivity contribution in [3.8, 4) is 0 Å². The molecule has 1 aromatic carbocycles. The monoisotopic (exact) mass is 265 g/mol. The molecular weight excluding hydrogens is 238 g/mol. The van der Waals surface area contributed by atoms with Crippen molar-refractivity contribution in [2.75, 3.05) is 20.2 Å². The number of hydrogen-bond donors (Lipinski definition) is 1. The van der Waals surface area contributed by atoms with E-state index in [0.717, 1.165) is 18.5 Å². The molecule has 0 heterocycles. The van der Waals surface area contributed by atoms with E-state index in [2.05, 4.69) is 11.8 Å². The van der Waals surface area contributed by atoms with Crippen LogP contribution in [0, 0.1) is 0 Å². The number of nitrogens with zero attached hydrogens (tertiary/aromatic N) is 1. The Kier molecular flexibility index (Phi) is 7.06. The molecule has 19 heavy (non-hydrogen) atoms. The summed E-state index contributed by atoms with van der Waals surface area (Å²) >= 11 is 0. The summed E-state index contributed by atoms with van der Waals surface area (Å²) in [6, 6.07) is 9.98. The zero-order valence-electron chi connectivity index (χ0n) is 12.5. The second-order valence-electron chi connectivity index (χ2n) is 5.23. The lowest BCUT2D eigenvalue weighted by molar-refractivity contribution is 0.0224. The number of ether oxygens (including phenoxy) is 1. The summed E-state index contributed by atoms with van der Waals surface area (Å²) in [5.41, 5.74) is 0.978. The average Bonchev–Trinajstić information content (AvgIpc) is 2.40. The van der Waals surface area contributed by atoms with Gasteiger partial charge >= 0.3 is 0 Å². The van der Waals surface area contributed by atoms with Crippen LogP contribution in [0.4, 0.5) is 0 Å². The highest BCUT2D eigenvalue weighted by atomic mass is 16.5. The van der Waals surface area contributed by atoms with Crippen LogP contribution in [-0.4, -0.2) is 42.4 Å². The molecule has 2 unspecified atom stereocenters. The zero-order chi connectivity index (χ0) is 14.3. The standard InChI is InChI=1S/C16H27NO2/c1-5-15(17(4)11-12-19-13(2)3)16(18)14-9-7-6-8-10-14/h6-10,13,15-16,18H,5,11-12H2,1-4H3. The van der Waals surface area contributed by atoms with Crippen molar-refractivity contribution in [2.45, 2.75) is 45.4 Å². The van der Waals surface area contributed by atoms with Crippen LogP contribution < -0.4 is 0 Å². The quantitative estimate of drug-likeness (QED) is 0.784. The van der Waals surface area contributed by atoms with Gasteiger partial charge in [-0.05, 0) is 32.9 Å². The van der Waals surface area contributed by atoms with Crippen LogP contribution in [0.5, 0.6) is 0 Å². The van der Waals surface area contributed by atoms with Gasteiger partial charge in [0.05, 0.1) is 18.8 Å². The summed E-state index contributed by atoms with van der Waals surface area (Å²) in [6.45, 7) is 7.72. The van der Waals surface area contributed by atoms with Gasteiger partial charge in [0.15, 0.2) is 0 Å². The molecule has 0 fully saturated rings. The largest absolute Gasteiger partial charge is 0.387 e. The Hall–Kier alpha value is -0.900. The van der Waals surface area contributed by atoms with Crippen LogP contribution >= 0.6 is 0 Å². The van der Waals surface area contributed by atoms with Crippen molar-refractivity contribution in [1.82, 2.24) is 4.90 Å². The topological polar surface area (TPSA) is 32.7 Å². The first-order valence-corrected chi connectivity index (χ1v) is 7.11. The molecule has 1 N–H and O–H groups in total. The van der Waals surface area contributed by atoms with Crippen LogP contribution in [0.3, 0.4) is 0 Å². The van der Waals surface area contributed by atoms with E-state index in [1.807, 2.05) is 51.2 Å². The summed E-state index contributed by atoms with van der Waals surface area (Å²) in [5.74, 6) is 0. The van der Waals surface area contributed by atoms with Crippen LogP contribution in [0.2, 0.25) is 0 Å². The van der Waals surface area contributed by atoms with Gasteiger partial charge in [-0.25, -0.2) is 0 Å². The van der Waals surface area contributed by atoms with Gasteiger partial charge < -0.3 is 9.84 Å². The summed E-state index contributed by atoms with van der Waals surface area (Å²) in [4.78, 5) is 2.18. The maximum atomic E-state index is 10.5. The molecule has 0 amide bonds. The van der Waals surface area contributed by atoms with Crippen LogP contribution in [-0.2, 0) is 4.74 Å². The molecule has 0 bridgehead atoms. The fourth-order valence-corrected chi connectivity index (χ4v) is 2.25. The Morgan fingerprint density at radius 3 is 2.37 bits per heavy atom. The number of rotatable bonds is 8. The van der Waals surface area contributed by atoms with Gasteiger partial charge in [-0.3, -0.25) is 4.90 Å². The van der Waals surface area contributed by atoms with Crippen molar-refractivity contribution in [3.63, 3.8) is 0 Å².